The van der Waals surface area contributed by atoms with Gasteiger partial charge < -0.3 is 29.0 Å². The highest BCUT2D eigenvalue weighted by Crippen LogP contribution is 2.43. The number of likely N-dealkylation sites (tertiary alicyclic amines) is 1. The summed E-state index contributed by atoms with van der Waals surface area (Å²) in [6, 6.07) is 19.6. The molecule has 2 heterocycles. The van der Waals surface area contributed by atoms with Crippen LogP contribution in [0.2, 0.25) is 0 Å². The van der Waals surface area contributed by atoms with E-state index < -0.39 is 17.7 Å². The molecule has 5 rings (SSSR count). The third kappa shape index (κ3) is 5.93. The molecule has 0 aromatic heterocycles. The number of Topliss-reactive ketones (excluding diaryl/α,β-unsaturated/α-hetero) is 1. The van der Waals surface area contributed by atoms with Gasteiger partial charge in [-0.25, -0.2) is 0 Å². The van der Waals surface area contributed by atoms with Gasteiger partial charge in [-0.3, -0.25) is 9.59 Å². The topological polar surface area (TPSA) is 94.5 Å². The predicted molar refractivity (Wildman–Crippen MR) is 154 cm³/mol. The fourth-order valence-electron chi connectivity index (χ4n) is 5.40. The van der Waals surface area contributed by atoms with E-state index in [1.807, 2.05) is 44.2 Å². The van der Waals surface area contributed by atoms with Crippen molar-refractivity contribution in [3.05, 3.63) is 94.6 Å². The molecule has 0 saturated carbocycles. The summed E-state index contributed by atoms with van der Waals surface area (Å²) in [5.74, 6) is 0.0463. The van der Waals surface area contributed by atoms with E-state index in [9.17, 15) is 14.7 Å². The summed E-state index contributed by atoms with van der Waals surface area (Å²) in [5.41, 5.74) is 2.90. The Morgan fingerprint density at radius 3 is 2.46 bits per heavy atom. The number of amides is 1. The second kappa shape index (κ2) is 12.5. The van der Waals surface area contributed by atoms with Gasteiger partial charge in [0, 0.05) is 18.7 Å². The maximum atomic E-state index is 13.5. The molecule has 0 aliphatic carbocycles. The summed E-state index contributed by atoms with van der Waals surface area (Å²) in [5, 5.41) is 11.6. The van der Waals surface area contributed by atoms with E-state index in [1.54, 1.807) is 36.4 Å². The monoisotopic (exact) mass is 557 g/mol. The van der Waals surface area contributed by atoms with Gasteiger partial charge >= 0.3 is 0 Å². The van der Waals surface area contributed by atoms with Crippen LogP contribution in [0.15, 0.2) is 72.3 Å². The lowest BCUT2D eigenvalue weighted by Crippen LogP contribution is -2.36. The van der Waals surface area contributed by atoms with Crippen LogP contribution in [0.4, 0.5) is 0 Å². The van der Waals surface area contributed by atoms with E-state index in [0.29, 0.717) is 48.2 Å². The van der Waals surface area contributed by atoms with Crippen molar-refractivity contribution in [1.29, 1.82) is 0 Å². The second-order valence-electron chi connectivity index (χ2n) is 10.2. The van der Waals surface area contributed by atoms with Crippen LogP contribution >= 0.6 is 0 Å². The summed E-state index contributed by atoms with van der Waals surface area (Å²) >= 11 is 0. The standard InChI is InChI=1S/C33H35NO7/c1-4-39-27-15-12-23(18-28(27)38-3)30-29(32(36)33(37)34(30)19-25-11-8-16-40-25)31(35)24-13-14-26(21(2)17-24)41-20-22-9-6-5-7-10-22/h5-7,9-10,12-15,17-18,25,30,35H,4,8,11,16,19-20H2,1-3H3/b31-29-. The van der Waals surface area contributed by atoms with E-state index in [-0.39, 0.29) is 24.0 Å². The number of aryl methyl sites for hydroxylation is 1. The number of aliphatic hydroxyl groups excluding tert-OH is 1. The van der Waals surface area contributed by atoms with E-state index >= 15 is 0 Å². The Bertz CT molecular complexity index is 1440. The number of methoxy groups -OCH3 is 1. The minimum atomic E-state index is -0.821. The summed E-state index contributed by atoms with van der Waals surface area (Å²) in [6.07, 6.45) is 1.52. The third-order valence-electron chi connectivity index (χ3n) is 7.45. The highest BCUT2D eigenvalue weighted by atomic mass is 16.5. The number of aliphatic hydroxyl groups is 1. The number of ketones is 1. The normalized spacial score (nSPS) is 19.9. The van der Waals surface area contributed by atoms with Crippen LogP contribution in [0.3, 0.4) is 0 Å². The molecule has 0 spiro atoms. The number of ether oxygens (including phenoxy) is 4. The first-order valence-corrected chi connectivity index (χ1v) is 13.9. The Morgan fingerprint density at radius 1 is 1.00 bits per heavy atom. The van der Waals surface area contributed by atoms with Gasteiger partial charge in [0.2, 0.25) is 0 Å². The zero-order valence-electron chi connectivity index (χ0n) is 23.6. The van der Waals surface area contributed by atoms with Crippen molar-refractivity contribution in [2.45, 2.75) is 45.4 Å². The van der Waals surface area contributed by atoms with Gasteiger partial charge in [-0.1, -0.05) is 36.4 Å². The van der Waals surface area contributed by atoms with Crippen LogP contribution < -0.4 is 14.2 Å². The van der Waals surface area contributed by atoms with Crippen LogP contribution in [-0.4, -0.2) is 54.7 Å². The Balaban J connectivity index is 1.52. The fourth-order valence-corrected chi connectivity index (χ4v) is 5.40. The average Bonchev–Trinajstić information content (AvgIpc) is 3.59. The summed E-state index contributed by atoms with van der Waals surface area (Å²) in [7, 11) is 1.54. The van der Waals surface area contributed by atoms with Gasteiger partial charge in [-0.05, 0) is 73.7 Å². The minimum Gasteiger partial charge on any atom is -0.507 e. The second-order valence-corrected chi connectivity index (χ2v) is 10.2. The number of hydrogen-bond donors (Lipinski definition) is 1. The van der Waals surface area contributed by atoms with Crippen molar-refractivity contribution in [2.75, 3.05) is 26.9 Å². The molecule has 0 radical (unpaired) electrons. The molecule has 2 atom stereocenters. The first kappa shape index (κ1) is 28.2. The van der Waals surface area contributed by atoms with Gasteiger partial charge in [-0.15, -0.1) is 0 Å². The van der Waals surface area contributed by atoms with Crippen LogP contribution in [0.25, 0.3) is 5.76 Å². The molecule has 8 nitrogen and oxygen atoms in total. The van der Waals surface area contributed by atoms with Gasteiger partial charge in [0.05, 0.1) is 31.4 Å². The molecule has 8 heteroatoms. The number of benzene rings is 3. The Morgan fingerprint density at radius 2 is 1.78 bits per heavy atom. The maximum absolute atomic E-state index is 13.5. The van der Waals surface area contributed by atoms with Crippen LogP contribution in [0.1, 0.15) is 48.1 Å². The van der Waals surface area contributed by atoms with Gasteiger partial charge in [0.25, 0.3) is 11.7 Å². The number of rotatable bonds is 10. The molecule has 1 N–H and O–H groups in total. The van der Waals surface area contributed by atoms with Crippen molar-refractivity contribution < 1.29 is 33.6 Å². The Hall–Kier alpha value is -4.30. The molecule has 214 valence electrons. The molecule has 3 aromatic carbocycles. The zero-order valence-corrected chi connectivity index (χ0v) is 23.6. The molecule has 3 aromatic rings. The number of carbonyl (C=O) groups excluding carboxylic acids is 2. The molecule has 0 bridgehead atoms. The molecular weight excluding hydrogens is 522 g/mol. The largest absolute Gasteiger partial charge is 0.507 e. The lowest BCUT2D eigenvalue weighted by molar-refractivity contribution is -0.140. The summed E-state index contributed by atoms with van der Waals surface area (Å²) in [4.78, 5) is 28.4. The minimum absolute atomic E-state index is 0.0246. The molecular formula is C33H35NO7. The van der Waals surface area contributed by atoms with Crippen molar-refractivity contribution >= 4 is 17.4 Å². The predicted octanol–water partition coefficient (Wildman–Crippen LogP) is 5.58. The van der Waals surface area contributed by atoms with Gasteiger partial charge in [-0.2, -0.15) is 0 Å². The van der Waals surface area contributed by atoms with Crippen LogP contribution in [0.5, 0.6) is 17.2 Å². The highest BCUT2D eigenvalue weighted by Gasteiger charge is 2.47. The third-order valence-corrected chi connectivity index (χ3v) is 7.45. The zero-order chi connectivity index (χ0) is 28.9. The SMILES string of the molecule is CCOc1ccc(C2/C(=C(/O)c3ccc(OCc4ccccc4)c(C)c3)C(=O)C(=O)N2CC2CCCO2)cc1OC. The van der Waals surface area contributed by atoms with Gasteiger partial charge in [0.1, 0.15) is 18.1 Å². The van der Waals surface area contributed by atoms with E-state index in [2.05, 4.69) is 0 Å². The lowest BCUT2D eigenvalue weighted by Gasteiger charge is -2.28. The Kier molecular flexibility index (Phi) is 8.59. The van der Waals surface area contributed by atoms with Crippen molar-refractivity contribution in [2.24, 2.45) is 0 Å². The van der Waals surface area contributed by atoms with Crippen molar-refractivity contribution in [1.82, 2.24) is 4.90 Å². The molecule has 41 heavy (non-hydrogen) atoms. The number of carbonyl (C=O) groups is 2. The maximum Gasteiger partial charge on any atom is 0.295 e. The van der Waals surface area contributed by atoms with E-state index in [1.165, 1.54) is 12.0 Å². The van der Waals surface area contributed by atoms with E-state index in [4.69, 9.17) is 18.9 Å². The van der Waals surface area contributed by atoms with Gasteiger partial charge in [0.15, 0.2) is 11.5 Å². The molecule has 2 fully saturated rings. The van der Waals surface area contributed by atoms with Crippen LogP contribution in [-0.2, 0) is 20.9 Å². The number of nitrogens with zero attached hydrogens (tertiary/aromatic N) is 1. The summed E-state index contributed by atoms with van der Waals surface area (Å²) in [6.45, 7) is 5.48. The fraction of sp³-hybridized carbons (Fsp3) is 0.333. The summed E-state index contributed by atoms with van der Waals surface area (Å²) < 4.78 is 23.0. The molecule has 2 unspecified atom stereocenters. The van der Waals surface area contributed by atoms with Crippen molar-refractivity contribution in [3.8, 4) is 17.2 Å². The Labute approximate surface area is 240 Å². The highest BCUT2D eigenvalue weighted by molar-refractivity contribution is 6.46. The molecule has 2 aliphatic heterocycles. The molecule has 2 saturated heterocycles. The van der Waals surface area contributed by atoms with E-state index in [0.717, 1.165) is 24.0 Å². The number of hydrogen-bond acceptors (Lipinski definition) is 7. The smallest absolute Gasteiger partial charge is 0.295 e. The first-order valence-electron chi connectivity index (χ1n) is 13.9. The van der Waals surface area contributed by atoms with Crippen molar-refractivity contribution in [3.63, 3.8) is 0 Å². The van der Waals surface area contributed by atoms with Crippen LogP contribution in [0, 0.1) is 6.92 Å². The quantitative estimate of drug-likeness (QED) is 0.198. The molecule has 1 amide bonds. The lowest BCUT2D eigenvalue weighted by atomic mass is 9.94. The first-order chi connectivity index (χ1) is 19.9. The molecule has 2 aliphatic rings. The average molecular weight is 558 g/mol.